The lowest BCUT2D eigenvalue weighted by Gasteiger charge is -2.17. The molecule has 1 aromatic rings. The van der Waals surface area contributed by atoms with E-state index < -0.39 is 6.10 Å². The van der Waals surface area contributed by atoms with Crippen LogP contribution in [0, 0.1) is 6.92 Å². The van der Waals surface area contributed by atoms with Gasteiger partial charge in [0.1, 0.15) is 5.75 Å². The van der Waals surface area contributed by atoms with Crippen LogP contribution in [0.4, 0.5) is 0 Å². The number of carbonyl (C=O) groups excluding carboxylic acids is 1. The summed E-state index contributed by atoms with van der Waals surface area (Å²) in [6.45, 7) is 5.92. The van der Waals surface area contributed by atoms with Crippen molar-refractivity contribution in [2.75, 3.05) is 6.61 Å². The fourth-order valence-electron chi connectivity index (χ4n) is 1.39. The lowest BCUT2D eigenvalue weighted by Crippen LogP contribution is -2.28. The Morgan fingerprint density at radius 3 is 2.71 bits per heavy atom. The molecule has 1 rings (SSSR count). The Morgan fingerprint density at radius 2 is 2.12 bits per heavy atom. The van der Waals surface area contributed by atoms with Gasteiger partial charge in [0.05, 0.1) is 11.6 Å². The molecule has 1 atom stereocenters. The van der Waals surface area contributed by atoms with E-state index in [2.05, 4.69) is 0 Å². The van der Waals surface area contributed by atoms with Gasteiger partial charge in [-0.3, -0.25) is 0 Å². The molecule has 0 aromatic heterocycles. The van der Waals surface area contributed by atoms with Gasteiger partial charge < -0.3 is 9.47 Å². The molecule has 0 saturated carbocycles. The summed E-state index contributed by atoms with van der Waals surface area (Å²) in [5.74, 6) is 0.166. The minimum Gasteiger partial charge on any atom is -0.477 e. The van der Waals surface area contributed by atoms with E-state index >= 15 is 0 Å². The molecule has 4 heteroatoms. The first-order valence-electron chi connectivity index (χ1n) is 5.67. The molecule has 0 spiro atoms. The Morgan fingerprint density at radius 1 is 1.41 bits per heavy atom. The van der Waals surface area contributed by atoms with Crippen molar-refractivity contribution in [3.05, 3.63) is 28.8 Å². The predicted octanol–water partition coefficient (Wildman–Crippen LogP) is 3.37. The van der Waals surface area contributed by atoms with E-state index in [0.717, 1.165) is 5.56 Å². The van der Waals surface area contributed by atoms with Crippen molar-refractivity contribution < 1.29 is 14.3 Å². The van der Waals surface area contributed by atoms with Crippen LogP contribution in [0.5, 0.6) is 5.75 Å². The molecule has 0 aliphatic carbocycles. The van der Waals surface area contributed by atoms with Gasteiger partial charge in [-0.1, -0.05) is 24.6 Å². The zero-order valence-electron chi connectivity index (χ0n) is 10.3. The zero-order chi connectivity index (χ0) is 12.8. The number of esters is 1. The number of aryl methyl sites for hydroxylation is 1. The maximum atomic E-state index is 11.6. The Labute approximate surface area is 107 Å². The van der Waals surface area contributed by atoms with Gasteiger partial charge in [-0.05, 0) is 38.0 Å². The minimum absolute atomic E-state index is 0.347. The number of rotatable bonds is 5. The van der Waals surface area contributed by atoms with E-state index in [1.807, 2.05) is 26.0 Å². The third-order valence-corrected chi connectivity index (χ3v) is 2.59. The molecule has 17 heavy (non-hydrogen) atoms. The molecule has 1 aromatic carbocycles. The third kappa shape index (κ3) is 3.93. The van der Waals surface area contributed by atoms with Crippen LogP contribution in [0.2, 0.25) is 5.02 Å². The first kappa shape index (κ1) is 13.8. The number of hydrogen-bond donors (Lipinski definition) is 0. The van der Waals surface area contributed by atoms with Gasteiger partial charge in [0, 0.05) is 0 Å². The summed E-state index contributed by atoms with van der Waals surface area (Å²) in [6, 6.07) is 5.45. The van der Waals surface area contributed by atoms with Crippen LogP contribution in [-0.4, -0.2) is 18.7 Å². The number of halogens is 1. The highest BCUT2D eigenvalue weighted by atomic mass is 35.5. The smallest absolute Gasteiger partial charge is 0.347 e. The molecule has 3 nitrogen and oxygen atoms in total. The molecule has 0 unspecified atom stereocenters. The van der Waals surface area contributed by atoms with E-state index in [1.165, 1.54) is 0 Å². The van der Waals surface area contributed by atoms with Crippen LogP contribution in [-0.2, 0) is 9.53 Å². The summed E-state index contributed by atoms with van der Waals surface area (Å²) < 4.78 is 10.5. The highest BCUT2D eigenvalue weighted by molar-refractivity contribution is 6.32. The van der Waals surface area contributed by atoms with Crippen molar-refractivity contribution in [1.82, 2.24) is 0 Å². The number of carbonyl (C=O) groups is 1. The SMILES string of the molecule is CCOC(=O)[C@H](CC)Oc1cc(C)ccc1Cl. The Hall–Kier alpha value is -1.22. The Balaban J connectivity index is 2.80. The molecule has 0 bridgehead atoms. The second-order valence-corrected chi connectivity index (χ2v) is 4.11. The maximum Gasteiger partial charge on any atom is 0.347 e. The molecule has 0 radical (unpaired) electrons. The fraction of sp³-hybridized carbons (Fsp3) is 0.462. The molecule has 0 heterocycles. The van der Waals surface area contributed by atoms with Crippen molar-refractivity contribution in [3.63, 3.8) is 0 Å². The molecule has 0 aliphatic heterocycles. The minimum atomic E-state index is -0.603. The zero-order valence-corrected chi connectivity index (χ0v) is 11.1. The number of benzene rings is 1. The quantitative estimate of drug-likeness (QED) is 0.758. The molecular formula is C13H17ClO3. The molecule has 94 valence electrons. The first-order chi connectivity index (χ1) is 8.08. The van der Waals surface area contributed by atoms with Crippen molar-refractivity contribution in [2.45, 2.75) is 33.3 Å². The van der Waals surface area contributed by atoms with E-state index in [0.29, 0.717) is 23.8 Å². The highest BCUT2D eigenvalue weighted by Crippen LogP contribution is 2.26. The van der Waals surface area contributed by atoms with Crippen LogP contribution in [0.15, 0.2) is 18.2 Å². The van der Waals surface area contributed by atoms with Crippen molar-refractivity contribution in [2.24, 2.45) is 0 Å². The summed E-state index contributed by atoms with van der Waals surface area (Å²) in [7, 11) is 0. The van der Waals surface area contributed by atoms with Gasteiger partial charge in [-0.25, -0.2) is 4.79 Å². The van der Waals surface area contributed by atoms with Gasteiger partial charge >= 0.3 is 5.97 Å². The van der Waals surface area contributed by atoms with E-state index in [1.54, 1.807) is 13.0 Å². The topological polar surface area (TPSA) is 35.5 Å². The van der Waals surface area contributed by atoms with Crippen molar-refractivity contribution in [1.29, 1.82) is 0 Å². The summed E-state index contributed by atoms with van der Waals surface area (Å²) in [5.41, 5.74) is 1.03. The summed E-state index contributed by atoms with van der Waals surface area (Å²) in [4.78, 5) is 11.6. The maximum absolute atomic E-state index is 11.6. The van der Waals surface area contributed by atoms with Gasteiger partial charge in [0.2, 0.25) is 0 Å². The van der Waals surface area contributed by atoms with Crippen LogP contribution < -0.4 is 4.74 Å². The summed E-state index contributed by atoms with van der Waals surface area (Å²) >= 11 is 6.00. The second kappa shape index (κ2) is 6.50. The van der Waals surface area contributed by atoms with Crippen molar-refractivity contribution >= 4 is 17.6 Å². The van der Waals surface area contributed by atoms with Gasteiger partial charge in [0.25, 0.3) is 0 Å². The highest BCUT2D eigenvalue weighted by Gasteiger charge is 2.20. The average Bonchev–Trinajstić information content (AvgIpc) is 2.30. The number of hydrogen-bond acceptors (Lipinski definition) is 3. The van der Waals surface area contributed by atoms with Crippen LogP contribution in [0.3, 0.4) is 0 Å². The monoisotopic (exact) mass is 256 g/mol. The van der Waals surface area contributed by atoms with E-state index in [9.17, 15) is 4.79 Å². The molecule has 0 aliphatic rings. The average molecular weight is 257 g/mol. The molecule has 0 fully saturated rings. The fourth-order valence-corrected chi connectivity index (χ4v) is 1.55. The van der Waals surface area contributed by atoms with E-state index in [4.69, 9.17) is 21.1 Å². The second-order valence-electron chi connectivity index (χ2n) is 3.70. The number of ether oxygens (including phenoxy) is 2. The third-order valence-electron chi connectivity index (χ3n) is 2.28. The summed E-state index contributed by atoms with van der Waals surface area (Å²) in [5, 5.41) is 0.498. The molecule has 0 amide bonds. The lowest BCUT2D eigenvalue weighted by atomic mass is 10.2. The molecular weight excluding hydrogens is 240 g/mol. The van der Waals surface area contributed by atoms with Gasteiger partial charge in [-0.15, -0.1) is 0 Å². The van der Waals surface area contributed by atoms with Crippen LogP contribution >= 0.6 is 11.6 Å². The Bertz CT molecular complexity index is 390. The Kier molecular flexibility index (Phi) is 5.29. The summed E-state index contributed by atoms with van der Waals surface area (Å²) in [6.07, 6.45) is -0.0578. The normalized spacial score (nSPS) is 12.0. The molecule has 0 saturated heterocycles. The first-order valence-corrected chi connectivity index (χ1v) is 6.05. The van der Waals surface area contributed by atoms with Gasteiger partial charge in [0.15, 0.2) is 6.10 Å². The van der Waals surface area contributed by atoms with Crippen molar-refractivity contribution in [3.8, 4) is 5.75 Å². The molecule has 0 N–H and O–H groups in total. The lowest BCUT2D eigenvalue weighted by molar-refractivity contribution is -0.151. The van der Waals surface area contributed by atoms with E-state index in [-0.39, 0.29) is 5.97 Å². The largest absolute Gasteiger partial charge is 0.477 e. The van der Waals surface area contributed by atoms with Crippen LogP contribution in [0.1, 0.15) is 25.8 Å². The standard InChI is InChI=1S/C13H17ClO3/c1-4-11(13(15)16-5-2)17-12-8-9(3)6-7-10(12)14/h6-8,11H,4-5H2,1-3H3/t11-/m0/s1. The van der Waals surface area contributed by atoms with Gasteiger partial charge in [-0.2, -0.15) is 0 Å². The predicted molar refractivity (Wildman–Crippen MR) is 67.5 cm³/mol. The van der Waals surface area contributed by atoms with Crippen LogP contribution in [0.25, 0.3) is 0 Å².